The Bertz CT molecular complexity index is 228. The van der Waals surface area contributed by atoms with Crippen LogP contribution in [0.3, 0.4) is 0 Å². The van der Waals surface area contributed by atoms with Crippen molar-refractivity contribution in [3.63, 3.8) is 0 Å². The van der Waals surface area contributed by atoms with Crippen molar-refractivity contribution in [2.75, 3.05) is 6.54 Å². The van der Waals surface area contributed by atoms with Gasteiger partial charge in [-0.3, -0.25) is 4.79 Å². The Balaban J connectivity index is 2.30. The second-order valence-corrected chi connectivity index (χ2v) is 5.34. The number of hydrogen-bond donors (Lipinski definition) is 3. The van der Waals surface area contributed by atoms with Crippen molar-refractivity contribution >= 4 is 5.91 Å². The molecule has 0 bridgehead atoms. The van der Waals surface area contributed by atoms with E-state index in [1.54, 1.807) is 0 Å². The highest BCUT2D eigenvalue weighted by Gasteiger charge is 2.45. The topological polar surface area (TPSA) is 81.1 Å². The molecule has 0 unspecified atom stereocenters. The van der Waals surface area contributed by atoms with E-state index in [0.29, 0.717) is 6.54 Å². The average molecular weight is 199 g/mol. The first-order chi connectivity index (χ1) is 6.26. The first kappa shape index (κ1) is 11.5. The first-order valence-electron chi connectivity index (χ1n) is 5.08. The van der Waals surface area contributed by atoms with Gasteiger partial charge in [-0.1, -0.05) is 20.8 Å². The van der Waals surface area contributed by atoms with Crippen molar-refractivity contribution in [1.82, 2.24) is 5.32 Å². The molecule has 1 saturated carbocycles. The molecule has 0 aromatic rings. The van der Waals surface area contributed by atoms with E-state index in [1.807, 2.05) is 0 Å². The predicted molar refractivity (Wildman–Crippen MR) is 56.6 cm³/mol. The number of nitrogens with one attached hydrogen (secondary N) is 1. The summed E-state index contributed by atoms with van der Waals surface area (Å²) in [6.07, 6.45) is 1.59. The quantitative estimate of drug-likeness (QED) is 0.597. The Morgan fingerprint density at radius 2 is 2.00 bits per heavy atom. The molecule has 0 aliphatic heterocycles. The summed E-state index contributed by atoms with van der Waals surface area (Å²) in [5.41, 5.74) is 11.1. The van der Waals surface area contributed by atoms with Crippen LogP contribution in [0, 0.1) is 5.41 Å². The van der Waals surface area contributed by atoms with Crippen LogP contribution in [0.2, 0.25) is 0 Å². The minimum absolute atomic E-state index is 0.0125. The summed E-state index contributed by atoms with van der Waals surface area (Å²) in [5.74, 6) is -0.0581. The minimum Gasteiger partial charge on any atom is -0.353 e. The number of rotatable bonds is 3. The molecule has 1 atom stereocenters. The average Bonchev–Trinajstić information content (AvgIpc) is 2.78. The van der Waals surface area contributed by atoms with Crippen LogP contribution in [0.4, 0.5) is 0 Å². The fraction of sp³-hybridized carbons (Fsp3) is 0.900. The highest BCUT2D eigenvalue weighted by molar-refractivity contribution is 5.88. The van der Waals surface area contributed by atoms with E-state index in [-0.39, 0.29) is 17.4 Å². The molecule has 1 amide bonds. The molecule has 0 spiro atoms. The molecule has 4 nitrogen and oxygen atoms in total. The summed E-state index contributed by atoms with van der Waals surface area (Å²) in [7, 11) is 0. The van der Waals surface area contributed by atoms with E-state index in [0.717, 1.165) is 12.8 Å². The van der Waals surface area contributed by atoms with Crippen LogP contribution in [0.15, 0.2) is 0 Å². The lowest BCUT2D eigenvalue weighted by Crippen LogP contribution is -2.50. The fourth-order valence-corrected chi connectivity index (χ4v) is 1.05. The standard InChI is InChI=1S/C10H21N3O/c1-9(2,3)7(11)6-13-8(14)10(12)4-5-10/h7H,4-6,11-12H2,1-3H3,(H,13,14)/t7-/m1/s1. The van der Waals surface area contributed by atoms with Gasteiger partial charge < -0.3 is 16.8 Å². The molecular weight excluding hydrogens is 178 g/mol. The number of carbonyl (C=O) groups is 1. The molecule has 1 aliphatic carbocycles. The van der Waals surface area contributed by atoms with Gasteiger partial charge in [-0.15, -0.1) is 0 Å². The summed E-state index contributed by atoms with van der Waals surface area (Å²) < 4.78 is 0. The molecule has 0 radical (unpaired) electrons. The lowest BCUT2D eigenvalue weighted by Gasteiger charge is -2.27. The van der Waals surface area contributed by atoms with Crippen LogP contribution in [0.1, 0.15) is 33.6 Å². The maximum atomic E-state index is 11.5. The zero-order chi connectivity index (χ0) is 11.0. The highest BCUT2D eigenvalue weighted by Crippen LogP contribution is 2.32. The third kappa shape index (κ3) is 2.69. The van der Waals surface area contributed by atoms with Gasteiger partial charge in [-0.25, -0.2) is 0 Å². The Morgan fingerprint density at radius 1 is 1.50 bits per heavy atom. The molecule has 0 heterocycles. The van der Waals surface area contributed by atoms with Gasteiger partial charge in [0.2, 0.25) is 5.91 Å². The van der Waals surface area contributed by atoms with Gasteiger partial charge in [0.25, 0.3) is 0 Å². The molecule has 82 valence electrons. The number of carbonyl (C=O) groups excluding carboxylic acids is 1. The Hall–Kier alpha value is -0.610. The van der Waals surface area contributed by atoms with Gasteiger partial charge in [0.1, 0.15) is 0 Å². The fourth-order valence-electron chi connectivity index (χ4n) is 1.05. The van der Waals surface area contributed by atoms with Crippen molar-refractivity contribution in [2.24, 2.45) is 16.9 Å². The summed E-state index contributed by atoms with van der Waals surface area (Å²) in [6, 6.07) is -0.0335. The van der Waals surface area contributed by atoms with Crippen molar-refractivity contribution in [1.29, 1.82) is 0 Å². The zero-order valence-electron chi connectivity index (χ0n) is 9.26. The summed E-state index contributed by atoms with van der Waals surface area (Å²) in [5, 5.41) is 2.80. The molecule has 0 aromatic heterocycles. The lowest BCUT2D eigenvalue weighted by atomic mass is 9.87. The molecular formula is C10H21N3O. The van der Waals surface area contributed by atoms with Gasteiger partial charge in [0, 0.05) is 12.6 Å². The van der Waals surface area contributed by atoms with E-state index in [1.165, 1.54) is 0 Å². The normalized spacial score (nSPS) is 21.5. The van der Waals surface area contributed by atoms with Crippen molar-refractivity contribution in [3.8, 4) is 0 Å². The molecule has 5 N–H and O–H groups in total. The maximum absolute atomic E-state index is 11.5. The van der Waals surface area contributed by atoms with E-state index in [4.69, 9.17) is 11.5 Å². The second-order valence-electron chi connectivity index (χ2n) is 5.34. The third-order valence-electron chi connectivity index (χ3n) is 2.84. The summed E-state index contributed by atoms with van der Waals surface area (Å²) in [4.78, 5) is 11.5. The van der Waals surface area contributed by atoms with Crippen molar-refractivity contribution in [2.45, 2.75) is 45.2 Å². The van der Waals surface area contributed by atoms with E-state index < -0.39 is 5.54 Å². The van der Waals surface area contributed by atoms with E-state index >= 15 is 0 Å². The molecule has 0 aromatic carbocycles. The Morgan fingerprint density at radius 3 is 2.36 bits per heavy atom. The van der Waals surface area contributed by atoms with Crippen molar-refractivity contribution in [3.05, 3.63) is 0 Å². The van der Waals surface area contributed by atoms with Crippen molar-refractivity contribution < 1.29 is 4.79 Å². The Labute approximate surface area is 85.4 Å². The smallest absolute Gasteiger partial charge is 0.240 e. The highest BCUT2D eigenvalue weighted by atomic mass is 16.2. The summed E-state index contributed by atoms with van der Waals surface area (Å²) in [6.45, 7) is 6.67. The molecule has 1 fully saturated rings. The van der Waals surface area contributed by atoms with E-state index in [9.17, 15) is 4.79 Å². The van der Waals surface area contributed by atoms with Gasteiger partial charge in [-0.2, -0.15) is 0 Å². The number of hydrogen-bond acceptors (Lipinski definition) is 3. The predicted octanol–water partition coefficient (Wildman–Crippen LogP) is -0.0327. The monoisotopic (exact) mass is 199 g/mol. The van der Waals surface area contributed by atoms with Gasteiger partial charge in [0.15, 0.2) is 0 Å². The number of amides is 1. The van der Waals surface area contributed by atoms with Crippen LogP contribution in [-0.4, -0.2) is 24.0 Å². The largest absolute Gasteiger partial charge is 0.353 e. The zero-order valence-corrected chi connectivity index (χ0v) is 9.26. The Kier molecular flexibility index (Phi) is 2.88. The molecule has 4 heteroatoms. The first-order valence-corrected chi connectivity index (χ1v) is 5.08. The number of nitrogens with two attached hydrogens (primary N) is 2. The van der Waals surface area contributed by atoms with Crippen LogP contribution in [0.25, 0.3) is 0 Å². The third-order valence-corrected chi connectivity index (χ3v) is 2.84. The molecule has 1 rings (SSSR count). The van der Waals surface area contributed by atoms with Crippen LogP contribution >= 0.6 is 0 Å². The van der Waals surface area contributed by atoms with Gasteiger partial charge in [-0.05, 0) is 18.3 Å². The van der Waals surface area contributed by atoms with Gasteiger partial charge >= 0.3 is 0 Å². The van der Waals surface area contributed by atoms with E-state index in [2.05, 4.69) is 26.1 Å². The summed E-state index contributed by atoms with van der Waals surface area (Å²) >= 11 is 0. The SMILES string of the molecule is CC(C)(C)[C@H](N)CNC(=O)C1(N)CC1. The minimum atomic E-state index is -0.586. The molecule has 1 aliphatic rings. The lowest BCUT2D eigenvalue weighted by molar-refractivity contribution is -0.123. The van der Waals surface area contributed by atoms with Crippen LogP contribution < -0.4 is 16.8 Å². The van der Waals surface area contributed by atoms with Crippen LogP contribution in [0.5, 0.6) is 0 Å². The maximum Gasteiger partial charge on any atom is 0.240 e. The second kappa shape index (κ2) is 3.51. The van der Waals surface area contributed by atoms with Gasteiger partial charge in [0.05, 0.1) is 5.54 Å². The van der Waals surface area contributed by atoms with Crippen LogP contribution in [-0.2, 0) is 4.79 Å². The molecule has 0 saturated heterocycles. The molecule has 14 heavy (non-hydrogen) atoms.